The third kappa shape index (κ3) is 2.42. The van der Waals surface area contributed by atoms with E-state index in [0.29, 0.717) is 0 Å². The molecule has 1 atom stereocenters. The smallest absolute Gasteiger partial charge is 0.265 e. The van der Waals surface area contributed by atoms with Gasteiger partial charge < -0.3 is 0 Å². The van der Waals surface area contributed by atoms with Crippen molar-refractivity contribution in [2.45, 2.75) is 5.76 Å². The van der Waals surface area contributed by atoms with Gasteiger partial charge in [-0.15, -0.1) is 0 Å². The highest BCUT2D eigenvalue weighted by atomic mass is 32.2. The maximum absolute atomic E-state index is 12.0. The van der Waals surface area contributed by atoms with E-state index in [4.69, 9.17) is 0 Å². The van der Waals surface area contributed by atoms with Crippen molar-refractivity contribution >= 4 is 15.7 Å². The van der Waals surface area contributed by atoms with E-state index in [1.54, 1.807) is 0 Å². The minimum Gasteiger partial charge on any atom is -0.265 e. The highest BCUT2D eigenvalue weighted by Gasteiger charge is 2.24. The molecule has 0 amide bonds. The topological polar surface area (TPSA) is 51.5 Å². The number of alkyl halides is 2. The molecule has 1 rings (SSSR count). The second kappa shape index (κ2) is 4.38. The number of aromatic nitrogens is 1. The minimum atomic E-state index is -4.60. The van der Waals surface area contributed by atoms with Crippen molar-refractivity contribution in [1.82, 2.24) is 4.98 Å². The van der Waals surface area contributed by atoms with Gasteiger partial charge in [0.2, 0.25) is 0 Å². The van der Waals surface area contributed by atoms with Crippen LogP contribution in [0.4, 0.5) is 19.0 Å². The summed E-state index contributed by atoms with van der Waals surface area (Å²) in [7, 11) is -4.60. The largest absolute Gasteiger partial charge is 0.345 e. The van der Waals surface area contributed by atoms with E-state index in [9.17, 15) is 17.5 Å². The van der Waals surface area contributed by atoms with Gasteiger partial charge in [0.05, 0.1) is 5.69 Å². The van der Waals surface area contributed by atoms with Crippen molar-refractivity contribution in [3.05, 3.63) is 24.5 Å². The maximum atomic E-state index is 12.0. The number of hydrogen-bond donors (Lipinski definition) is 0. The average molecular weight is 226 g/mol. The van der Waals surface area contributed by atoms with Crippen LogP contribution in [0.1, 0.15) is 0 Å². The van der Waals surface area contributed by atoms with E-state index in [1.165, 1.54) is 24.5 Å². The first-order valence-electron chi connectivity index (χ1n) is 3.33. The van der Waals surface area contributed by atoms with Gasteiger partial charge in [0.25, 0.3) is 10.0 Å². The van der Waals surface area contributed by atoms with Crippen molar-refractivity contribution < 1.29 is 21.9 Å². The molecular formula is C6H5F3N2O2S. The molecule has 78 valence electrons. The monoisotopic (exact) mass is 226 g/mol. The third-order valence-electron chi connectivity index (χ3n) is 1.21. The lowest BCUT2D eigenvalue weighted by Crippen LogP contribution is -2.10. The molecule has 1 heterocycles. The molecule has 4 nitrogen and oxygen atoms in total. The zero-order valence-corrected chi connectivity index (χ0v) is 7.46. The van der Waals surface area contributed by atoms with Gasteiger partial charge in [-0.3, -0.25) is 4.98 Å². The van der Waals surface area contributed by atoms with E-state index in [-0.39, 0.29) is 5.69 Å². The number of halogens is 3. The highest BCUT2D eigenvalue weighted by molar-refractivity contribution is 7.89. The van der Waals surface area contributed by atoms with E-state index >= 15 is 0 Å². The molecule has 0 aliphatic carbocycles. The molecule has 0 aromatic carbocycles. The normalized spacial score (nSPS) is 15.1. The SMILES string of the molecule is O=S(=Nc1ccncc1)(OF)C(F)F. The lowest BCUT2D eigenvalue weighted by Gasteiger charge is -2.01. The minimum absolute atomic E-state index is 0.0945. The van der Waals surface area contributed by atoms with Gasteiger partial charge in [-0.25, -0.2) is 4.21 Å². The Morgan fingerprint density at radius 2 is 2.00 bits per heavy atom. The molecule has 0 spiro atoms. The van der Waals surface area contributed by atoms with Crippen LogP contribution in [0.15, 0.2) is 28.9 Å². The van der Waals surface area contributed by atoms with Crippen LogP contribution >= 0.6 is 0 Å². The molecule has 0 aliphatic heterocycles. The van der Waals surface area contributed by atoms with Crippen LogP contribution < -0.4 is 0 Å². The fourth-order valence-electron chi connectivity index (χ4n) is 0.633. The summed E-state index contributed by atoms with van der Waals surface area (Å²) in [6.45, 7) is 0. The summed E-state index contributed by atoms with van der Waals surface area (Å²) in [5.74, 6) is -3.51. The first-order valence-corrected chi connectivity index (χ1v) is 4.83. The van der Waals surface area contributed by atoms with E-state index < -0.39 is 15.8 Å². The van der Waals surface area contributed by atoms with Crippen molar-refractivity contribution in [2.24, 2.45) is 4.36 Å². The summed E-state index contributed by atoms with van der Waals surface area (Å²) < 4.78 is 52.2. The second-order valence-corrected chi connectivity index (χ2v) is 3.83. The molecule has 0 N–H and O–H groups in total. The van der Waals surface area contributed by atoms with E-state index in [1.807, 2.05) is 0 Å². The number of rotatable bonds is 3. The van der Waals surface area contributed by atoms with Gasteiger partial charge in [0.1, 0.15) is 0 Å². The van der Waals surface area contributed by atoms with Gasteiger partial charge in [0.15, 0.2) is 0 Å². The molecule has 0 saturated heterocycles. The molecule has 0 radical (unpaired) electrons. The summed E-state index contributed by atoms with van der Waals surface area (Å²) >= 11 is 0. The standard InChI is InChI=1S/C6H5F3N2O2S/c7-6(8)14(12,13-9)11-5-1-3-10-4-2-5/h1-4,6H. The Morgan fingerprint density at radius 1 is 1.43 bits per heavy atom. The summed E-state index contributed by atoms with van der Waals surface area (Å²) in [4.78, 5) is 3.57. The molecular weight excluding hydrogens is 221 g/mol. The van der Waals surface area contributed by atoms with Crippen molar-refractivity contribution in [3.8, 4) is 0 Å². The summed E-state index contributed by atoms with van der Waals surface area (Å²) in [6, 6.07) is 2.39. The van der Waals surface area contributed by atoms with Gasteiger partial charge >= 0.3 is 5.76 Å². The molecule has 0 aliphatic rings. The summed E-state index contributed by atoms with van der Waals surface area (Å²) in [6.07, 6.45) is 2.48. The number of nitrogens with zero attached hydrogens (tertiary/aromatic N) is 2. The van der Waals surface area contributed by atoms with Crippen LogP contribution in [-0.2, 0) is 14.4 Å². The Balaban J connectivity index is 3.14. The average Bonchev–Trinajstić information content (AvgIpc) is 2.19. The first kappa shape index (κ1) is 10.9. The Hall–Kier alpha value is -1.15. The van der Waals surface area contributed by atoms with Gasteiger partial charge in [-0.2, -0.15) is 13.1 Å². The van der Waals surface area contributed by atoms with Crippen LogP contribution in [0.2, 0.25) is 0 Å². The third-order valence-corrected chi connectivity index (χ3v) is 2.31. The Bertz CT molecular complexity index is 403. The number of hydrogen-bond acceptors (Lipinski definition) is 4. The summed E-state index contributed by atoms with van der Waals surface area (Å²) in [5, 5.41) is 0. The van der Waals surface area contributed by atoms with Crippen LogP contribution in [0.3, 0.4) is 0 Å². The van der Waals surface area contributed by atoms with Crippen LogP contribution in [0, 0.1) is 0 Å². The van der Waals surface area contributed by atoms with Gasteiger partial charge in [-0.1, -0.05) is 4.39 Å². The van der Waals surface area contributed by atoms with Crippen molar-refractivity contribution in [2.75, 3.05) is 0 Å². The molecule has 0 fully saturated rings. The summed E-state index contributed by atoms with van der Waals surface area (Å²) in [5.41, 5.74) is -0.0945. The van der Waals surface area contributed by atoms with E-state index in [2.05, 4.69) is 13.7 Å². The van der Waals surface area contributed by atoms with Crippen molar-refractivity contribution in [1.29, 1.82) is 0 Å². The number of pyridine rings is 1. The molecule has 14 heavy (non-hydrogen) atoms. The molecule has 0 saturated carbocycles. The van der Waals surface area contributed by atoms with Crippen LogP contribution in [0.25, 0.3) is 0 Å². The molecule has 0 bridgehead atoms. The lowest BCUT2D eigenvalue weighted by molar-refractivity contribution is -0.000952. The Morgan fingerprint density at radius 3 is 2.43 bits per heavy atom. The fourth-order valence-corrected chi connectivity index (χ4v) is 1.21. The predicted molar refractivity (Wildman–Crippen MR) is 42.7 cm³/mol. The van der Waals surface area contributed by atoms with Crippen LogP contribution in [0.5, 0.6) is 0 Å². The Kier molecular flexibility index (Phi) is 3.42. The van der Waals surface area contributed by atoms with E-state index in [0.717, 1.165) is 0 Å². The first-order chi connectivity index (χ1) is 6.58. The van der Waals surface area contributed by atoms with Gasteiger partial charge in [-0.05, 0) is 16.7 Å². The maximum Gasteiger partial charge on any atom is 0.345 e. The zero-order valence-electron chi connectivity index (χ0n) is 6.64. The molecule has 1 unspecified atom stereocenters. The fraction of sp³-hybridized carbons (Fsp3) is 0.167. The second-order valence-electron chi connectivity index (χ2n) is 2.14. The van der Waals surface area contributed by atoms with Gasteiger partial charge in [0, 0.05) is 12.4 Å². The molecule has 1 aromatic rings. The van der Waals surface area contributed by atoms with Crippen molar-refractivity contribution in [3.63, 3.8) is 0 Å². The van der Waals surface area contributed by atoms with Crippen LogP contribution in [-0.4, -0.2) is 15.0 Å². The Labute approximate surface area is 78.0 Å². The molecule has 8 heteroatoms. The predicted octanol–water partition coefficient (Wildman–Crippen LogP) is 2.22. The zero-order chi connectivity index (χ0) is 10.6. The highest BCUT2D eigenvalue weighted by Crippen LogP contribution is 2.19. The molecule has 1 aromatic heterocycles. The lowest BCUT2D eigenvalue weighted by atomic mass is 10.4. The quantitative estimate of drug-likeness (QED) is 0.793.